The van der Waals surface area contributed by atoms with Gasteiger partial charge in [0, 0.05) is 19.6 Å². The highest BCUT2D eigenvalue weighted by atomic mass is 16.6. The molecule has 2 unspecified atom stereocenters. The van der Waals surface area contributed by atoms with Crippen LogP contribution in [0.5, 0.6) is 0 Å². The Bertz CT molecular complexity index is 224. The molecule has 2 saturated heterocycles. The van der Waals surface area contributed by atoms with Crippen LogP contribution in [0.4, 0.5) is 0 Å². The van der Waals surface area contributed by atoms with Crippen LogP contribution in [0.1, 0.15) is 39.5 Å². The third kappa shape index (κ3) is 3.94. The lowest BCUT2D eigenvalue weighted by Crippen LogP contribution is -2.41. The molecule has 2 fully saturated rings. The highest BCUT2D eigenvalue weighted by Gasteiger charge is 2.40. The number of hydrogen-bond acceptors (Lipinski definition) is 3. The first kappa shape index (κ1) is 13.3. The Morgan fingerprint density at radius 3 is 2.94 bits per heavy atom. The molecule has 2 aliphatic rings. The topological polar surface area (TPSA) is 30.5 Å². The van der Waals surface area contributed by atoms with E-state index in [1.807, 2.05) is 0 Å². The molecule has 100 valence electrons. The van der Waals surface area contributed by atoms with Crippen LogP contribution in [0, 0.1) is 11.8 Å². The van der Waals surface area contributed by atoms with E-state index < -0.39 is 0 Å². The SMILES string of the molecule is CC(C)CNCCC1CCOC2(CCOC2)C1. The van der Waals surface area contributed by atoms with Gasteiger partial charge in [0.25, 0.3) is 0 Å². The van der Waals surface area contributed by atoms with Gasteiger partial charge < -0.3 is 14.8 Å². The van der Waals surface area contributed by atoms with Crippen molar-refractivity contribution < 1.29 is 9.47 Å². The predicted molar refractivity (Wildman–Crippen MR) is 69.2 cm³/mol. The minimum absolute atomic E-state index is 0.0843. The maximum Gasteiger partial charge on any atom is 0.0939 e. The van der Waals surface area contributed by atoms with Gasteiger partial charge in [-0.3, -0.25) is 0 Å². The Morgan fingerprint density at radius 2 is 2.24 bits per heavy atom. The predicted octanol–water partition coefficient (Wildman–Crippen LogP) is 2.21. The van der Waals surface area contributed by atoms with E-state index in [0.717, 1.165) is 51.2 Å². The van der Waals surface area contributed by atoms with Gasteiger partial charge in [0.2, 0.25) is 0 Å². The second kappa shape index (κ2) is 6.17. The van der Waals surface area contributed by atoms with Gasteiger partial charge >= 0.3 is 0 Å². The number of rotatable bonds is 5. The van der Waals surface area contributed by atoms with Crippen LogP contribution in [-0.2, 0) is 9.47 Å². The molecule has 17 heavy (non-hydrogen) atoms. The van der Waals surface area contributed by atoms with Crippen LogP contribution in [-0.4, -0.2) is 38.5 Å². The molecule has 0 aliphatic carbocycles. The first-order valence-electron chi connectivity index (χ1n) is 7.13. The molecule has 3 heteroatoms. The summed E-state index contributed by atoms with van der Waals surface area (Å²) < 4.78 is 11.5. The second-order valence-corrected chi connectivity index (χ2v) is 6.08. The van der Waals surface area contributed by atoms with Crippen molar-refractivity contribution in [3.63, 3.8) is 0 Å². The average molecular weight is 241 g/mol. The standard InChI is InChI=1S/C14H27NO2/c1-12(2)10-15-6-3-13-4-7-17-14(9-13)5-8-16-11-14/h12-13,15H,3-11H2,1-2H3. The third-order valence-corrected chi connectivity index (χ3v) is 3.94. The largest absolute Gasteiger partial charge is 0.378 e. The van der Waals surface area contributed by atoms with Crippen LogP contribution in [0.3, 0.4) is 0 Å². The Balaban J connectivity index is 1.67. The lowest BCUT2D eigenvalue weighted by Gasteiger charge is -2.37. The minimum atomic E-state index is 0.0843. The highest BCUT2D eigenvalue weighted by molar-refractivity contribution is 4.90. The van der Waals surface area contributed by atoms with Crippen molar-refractivity contribution in [1.29, 1.82) is 0 Å². The summed E-state index contributed by atoms with van der Waals surface area (Å²) in [6.45, 7) is 9.44. The van der Waals surface area contributed by atoms with Gasteiger partial charge in [-0.1, -0.05) is 13.8 Å². The molecular weight excluding hydrogens is 214 g/mol. The zero-order valence-corrected chi connectivity index (χ0v) is 11.3. The summed E-state index contributed by atoms with van der Waals surface area (Å²) in [5.41, 5.74) is 0.0843. The number of ether oxygens (including phenoxy) is 2. The van der Waals surface area contributed by atoms with Gasteiger partial charge in [0.1, 0.15) is 0 Å². The average Bonchev–Trinajstić information content (AvgIpc) is 2.73. The van der Waals surface area contributed by atoms with Gasteiger partial charge in [-0.15, -0.1) is 0 Å². The molecule has 2 heterocycles. The lowest BCUT2D eigenvalue weighted by atomic mass is 9.83. The molecule has 0 aromatic rings. The quantitative estimate of drug-likeness (QED) is 0.749. The van der Waals surface area contributed by atoms with Gasteiger partial charge in [-0.2, -0.15) is 0 Å². The van der Waals surface area contributed by atoms with Gasteiger partial charge in [0.05, 0.1) is 12.2 Å². The first-order chi connectivity index (χ1) is 8.20. The Kier molecular flexibility index (Phi) is 4.83. The third-order valence-electron chi connectivity index (χ3n) is 3.94. The number of hydrogen-bond donors (Lipinski definition) is 1. The molecule has 2 rings (SSSR count). The molecule has 0 aromatic carbocycles. The zero-order valence-electron chi connectivity index (χ0n) is 11.3. The fraction of sp³-hybridized carbons (Fsp3) is 1.00. The molecule has 0 amide bonds. The lowest BCUT2D eigenvalue weighted by molar-refractivity contribution is -0.0986. The Hall–Kier alpha value is -0.120. The molecule has 1 N–H and O–H groups in total. The summed E-state index contributed by atoms with van der Waals surface area (Å²) in [6, 6.07) is 0. The molecule has 3 nitrogen and oxygen atoms in total. The van der Waals surface area contributed by atoms with Crippen molar-refractivity contribution in [2.24, 2.45) is 11.8 Å². The van der Waals surface area contributed by atoms with E-state index in [-0.39, 0.29) is 5.60 Å². The van der Waals surface area contributed by atoms with Crippen molar-refractivity contribution in [3.8, 4) is 0 Å². The molecule has 2 aliphatic heterocycles. The van der Waals surface area contributed by atoms with E-state index in [1.165, 1.54) is 19.3 Å². The summed E-state index contributed by atoms with van der Waals surface area (Å²) in [7, 11) is 0. The molecular formula is C14H27NO2. The molecule has 2 atom stereocenters. The van der Waals surface area contributed by atoms with E-state index in [1.54, 1.807) is 0 Å². The maximum absolute atomic E-state index is 5.96. The van der Waals surface area contributed by atoms with Crippen molar-refractivity contribution in [2.75, 3.05) is 32.9 Å². The zero-order chi connectivity index (χ0) is 12.1. The van der Waals surface area contributed by atoms with Crippen LogP contribution in [0.2, 0.25) is 0 Å². The minimum Gasteiger partial charge on any atom is -0.378 e. The summed E-state index contributed by atoms with van der Waals surface area (Å²) in [4.78, 5) is 0. The van der Waals surface area contributed by atoms with Crippen molar-refractivity contribution in [1.82, 2.24) is 5.32 Å². The van der Waals surface area contributed by atoms with Crippen molar-refractivity contribution >= 4 is 0 Å². The highest BCUT2D eigenvalue weighted by Crippen LogP contribution is 2.36. The smallest absolute Gasteiger partial charge is 0.0939 e. The summed E-state index contributed by atoms with van der Waals surface area (Å²) in [6.07, 6.45) is 4.82. The van der Waals surface area contributed by atoms with Crippen molar-refractivity contribution in [2.45, 2.75) is 45.1 Å². The van der Waals surface area contributed by atoms with Gasteiger partial charge in [-0.25, -0.2) is 0 Å². The molecule has 0 bridgehead atoms. The first-order valence-corrected chi connectivity index (χ1v) is 7.13. The second-order valence-electron chi connectivity index (χ2n) is 6.08. The van der Waals surface area contributed by atoms with Gasteiger partial charge in [0.15, 0.2) is 0 Å². The van der Waals surface area contributed by atoms with Crippen LogP contribution >= 0.6 is 0 Å². The Labute approximate surface area is 105 Å². The molecule has 0 saturated carbocycles. The molecule has 0 aromatic heterocycles. The fourth-order valence-electron chi connectivity index (χ4n) is 2.94. The molecule has 0 radical (unpaired) electrons. The van der Waals surface area contributed by atoms with E-state index in [2.05, 4.69) is 19.2 Å². The summed E-state index contributed by atoms with van der Waals surface area (Å²) in [5.74, 6) is 1.57. The van der Waals surface area contributed by atoms with Crippen LogP contribution < -0.4 is 5.32 Å². The van der Waals surface area contributed by atoms with Gasteiger partial charge in [-0.05, 0) is 44.2 Å². The Morgan fingerprint density at radius 1 is 1.35 bits per heavy atom. The number of nitrogens with one attached hydrogen (secondary N) is 1. The van der Waals surface area contributed by atoms with Crippen LogP contribution in [0.25, 0.3) is 0 Å². The normalized spacial score (nSPS) is 33.7. The van der Waals surface area contributed by atoms with E-state index in [9.17, 15) is 0 Å². The van der Waals surface area contributed by atoms with Crippen LogP contribution in [0.15, 0.2) is 0 Å². The maximum atomic E-state index is 5.96. The van der Waals surface area contributed by atoms with E-state index in [0.29, 0.717) is 0 Å². The summed E-state index contributed by atoms with van der Waals surface area (Å²) in [5, 5.41) is 3.54. The fourth-order valence-corrected chi connectivity index (χ4v) is 2.94. The summed E-state index contributed by atoms with van der Waals surface area (Å²) >= 11 is 0. The molecule has 1 spiro atoms. The van der Waals surface area contributed by atoms with Crippen molar-refractivity contribution in [3.05, 3.63) is 0 Å². The van der Waals surface area contributed by atoms with E-state index in [4.69, 9.17) is 9.47 Å². The van der Waals surface area contributed by atoms with E-state index >= 15 is 0 Å². The monoisotopic (exact) mass is 241 g/mol.